The third kappa shape index (κ3) is 5.59. The van der Waals surface area contributed by atoms with Crippen LogP contribution in [0.15, 0.2) is 60.7 Å². The van der Waals surface area contributed by atoms with Gasteiger partial charge >= 0.3 is 5.97 Å². The molecule has 0 aliphatic rings. The lowest BCUT2D eigenvalue weighted by Crippen LogP contribution is -2.12. The first-order chi connectivity index (χ1) is 15.4. The van der Waals surface area contributed by atoms with Gasteiger partial charge in [0.2, 0.25) is 5.91 Å². The van der Waals surface area contributed by atoms with Crippen molar-refractivity contribution >= 4 is 28.3 Å². The molecule has 0 unspecified atom stereocenters. The van der Waals surface area contributed by atoms with Crippen molar-refractivity contribution in [3.05, 3.63) is 71.9 Å². The summed E-state index contributed by atoms with van der Waals surface area (Å²) in [4.78, 5) is 29.1. The first kappa shape index (κ1) is 23.2. The third-order valence-electron chi connectivity index (χ3n) is 4.78. The van der Waals surface area contributed by atoms with Crippen LogP contribution >= 0.6 is 0 Å². The van der Waals surface area contributed by atoms with Crippen molar-refractivity contribution in [3.8, 4) is 11.3 Å². The lowest BCUT2D eigenvalue weighted by Gasteiger charge is -2.14. The van der Waals surface area contributed by atoms with E-state index in [2.05, 4.69) is 10.3 Å². The minimum Gasteiger partial charge on any atom is -0.461 e. The maximum atomic E-state index is 12.3. The molecule has 3 aromatic rings. The number of carbonyl (C=O) groups is 2. The number of esters is 1. The van der Waals surface area contributed by atoms with E-state index in [0.717, 1.165) is 21.9 Å². The largest absolute Gasteiger partial charge is 0.461 e. The molecule has 1 amide bonds. The predicted molar refractivity (Wildman–Crippen MR) is 126 cm³/mol. The fourth-order valence-corrected chi connectivity index (χ4v) is 3.29. The molecule has 1 heterocycles. The molecule has 6 heteroatoms. The predicted octanol–water partition coefficient (Wildman–Crippen LogP) is 5.38. The normalized spacial score (nSPS) is 11.3. The summed E-state index contributed by atoms with van der Waals surface area (Å²) in [5, 5.41) is 4.81. The molecule has 0 atom stereocenters. The molecule has 0 aliphatic heterocycles. The second-order valence-electron chi connectivity index (χ2n) is 7.86. The van der Waals surface area contributed by atoms with Gasteiger partial charge in [0, 0.05) is 23.6 Å². The van der Waals surface area contributed by atoms with Crippen LogP contribution in [-0.4, -0.2) is 30.6 Å². The Morgan fingerprint density at radius 3 is 2.62 bits per heavy atom. The first-order valence-electron chi connectivity index (χ1n) is 10.6. The van der Waals surface area contributed by atoms with Gasteiger partial charge in [-0.2, -0.15) is 0 Å². The summed E-state index contributed by atoms with van der Waals surface area (Å²) in [6, 6.07) is 15.1. The number of hydrogen-bond acceptors (Lipinski definition) is 5. The summed E-state index contributed by atoms with van der Waals surface area (Å²) in [6.45, 7) is 6.47. The van der Waals surface area contributed by atoms with E-state index < -0.39 is 5.97 Å². The van der Waals surface area contributed by atoms with E-state index in [1.54, 1.807) is 32.2 Å². The number of ether oxygens (including phenoxy) is 2. The minimum absolute atomic E-state index is 0.212. The molecule has 1 aromatic heterocycles. The lowest BCUT2D eigenvalue weighted by molar-refractivity contribution is -0.111. The van der Waals surface area contributed by atoms with Crippen molar-refractivity contribution in [2.45, 2.75) is 27.4 Å². The molecule has 0 saturated heterocycles. The van der Waals surface area contributed by atoms with Crippen LogP contribution in [0, 0.1) is 5.92 Å². The van der Waals surface area contributed by atoms with Gasteiger partial charge in [-0.3, -0.25) is 4.79 Å². The van der Waals surface area contributed by atoms with Gasteiger partial charge in [0.25, 0.3) is 0 Å². The lowest BCUT2D eigenvalue weighted by atomic mass is 10.00. The number of benzene rings is 2. The number of allylic oxidation sites excluding steroid dienone is 1. The summed E-state index contributed by atoms with van der Waals surface area (Å²) in [6.07, 6.45) is 3.17. The van der Waals surface area contributed by atoms with Crippen LogP contribution in [-0.2, 0) is 20.9 Å². The number of anilines is 1. The van der Waals surface area contributed by atoms with Gasteiger partial charge in [0.05, 0.1) is 24.6 Å². The maximum Gasteiger partial charge on any atom is 0.356 e. The highest BCUT2D eigenvalue weighted by atomic mass is 16.5. The smallest absolute Gasteiger partial charge is 0.356 e. The summed E-state index contributed by atoms with van der Waals surface area (Å²) >= 11 is 0. The highest BCUT2D eigenvalue weighted by Crippen LogP contribution is 2.32. The Kier molecular flexibility index (Phi) is 7.73. The van der Waals surface area contributed by atoms with Crippen molar-refractivity contribution in [1.82, 2.24) is 4.98 Å². The summed E-state index contributed by atoms with van der Waals surface area (Å²) in [7, 11) is 1.62. The Bertz CT molecular complexity index is 1150. The van der Waals surface area contributed by atoms with Crippen molar-refractivity contribution in [1.29, 1.82) is 0 Å². The van der Waals surface area contributed by atoms with E-state index in [1.165, 1.54) is 6.08 Å². The number of hydrogen-bond donors (Lipinski definition) is 1. The maximum absolute atomic E-state index is 12.3. The van der Waals surface area contributed by atoms with E-state index in [4.69, 9.17) is 9.47 Å². The Morgan fingerprint density at radius 1 is 1.12 bits per heavy atom. The zero-order valence-electron chi connectivity index (χ0n) is 18.8. The van der Waals surface area contributed by atoms with Gasteiger partial charge in [-0.1, -0.05) is 50.3 Å². The fourth-order valence-electron chi connectivity index (χ4n) is 3.29. The SMILES string of the molecule is C/C=C/C(=O)Nc1c(COC)ccc2ccc(-c3cccc(C(=O)OCC(C)C)n3)cc12. The number of methoxy groups -OCH3 is 1. The number of nitrogens with zero attached hydrogens (tertiary/aromatic N) is 1. The van der Waals surface area contributed by atoms with E-state index in [1.807, 2.05) is 50.2 Å². The van der Waals surface area contributed by atoms with Gasteiger partial charge in [-0.05, 0) is 42.5 Å². The summed E-state index contributed by atoms with van der Waals surface area (Å²) < 4.78 is 10.6. The number of nitrogens with one attached hydrogen (secondary N) is 1. The average molecular weight is 433 g/mol. The van der Waals surface area contributed by atoms with Gasteiger partial charge in [0.1, 0.15) is 5.69 Å². The molecule has 0 saturated carbocycles. The molecule has 0 aliphatic carbocycles. The molecule has 3 rings (SSSR count). The zero-order valence-corrected chi connectivity index (χ0v) is 18.8. The Hall–Kier alpha value is -3.51. The topological polar surface area (TPSA) is 77.5 Å². The highest BCUT2D eigenvalue weighted by molar-refractivity contribution is 6.08. The Morgan fingerprint density at radius 2 is 1.91 bits per heavy atom. The van der Waals surface area contributed by atoms with Crippen LogP contribution in [0.25, 0.3) is 22.0 Å². The van der Waals surface area contributed by atoms with Crippen LogP contribution in [0.5, 0.6) is 0 Å². The number of pyridine rings is 1. The van der Waals surface area contributed by atoms with Gasteiger partial charge in [-0.15, -0.1) is 0 Å². The van der Waals surface area contributed by atoms with E-state index in [0.29, 0.717) is 24.6 Å². The number of fused-ring (bicyclic) bond motifs is 1. The van der Waals surface area contributed by atoms with Crippen molar-refractivity contribution in [3.63, 3.8) is 0 Å². The standard InChI is InChI=1S/C26H28N2O4/c1-5-7-24(29)28-25-20(16-31-4)13-11-18-10-12-19(14-21(18)25)22-8-6-9-23(27-22)26(30)32-15-17(2)3/h5-14,17H,15-16H2,1-4H3,(H,28,29)/b7-5+. The van der Waals surface area contributed by atoms with Crippen molar-refractivity contribution in [2.24, 2.45) is 5.92 Å². The highest BCUT2D eigenvalue weighted by Gasteiger charge is 2.14. The summed E-state index contributed by atoms with van der Waals surface area (Å²) in [5.41, 5.74) is 3.30. The van der Waals surface area contributed by atoms with Crippen LogP contribution in [0.1, 0.15) is 36.8 Å². The summed E-state index contributed by atoms with van der Waals surface area (Å²) in [5.74, 6) is -0.404. The quantitative estimate of drug-likeness (QED) is 0.382. The third-order valence-corrected chi connectivity index (χ3v) is 4.78. The molecule has 6 nitrogen and oxygen atoms in total. The van der Waals surface area contributed by atoms with Crippen LogP contribution in [0.2, 0.25) is 0 Å². The number of aromatic nitrogens is 1. The average Bonchev–Trinajstić information content (AvgIpc) is 2.79. The second kappa shape index (κ2) is 10.7. The van der Waals surface area contributed by atoms with Crippen LogP contribution in [0.4, 0.5) is 5.69 Å². The first-order valence-corrected chi connectivity index (χ1v) is 10.6. The number of carbonyl (C=O) groups excluding carboxylic acids is 2. The monoisotopic (exact) mass is 432 g/mol. The number of amides is 1. The number of rotatable bonds is 8. The molecule has 0 radical (unpaired) electrons. The molecule has 166 valence electrons. The van der Waals surface area contributed by atoms with E-state index in [-0.39, 0.29) is 17.5 Å². The molecule has 2 aromatic carbocycles. The fraction of sp³-hybridized carbons (Fsp3) is 0.269. The van der Waals surface area contributed by atoms with E-state index in [9.17, 15) is 9.59 Å². The van der Waals surface area contributed by atoms with Crippen molar-refractivity contribution < 1.29 is 19.1 Å². The second-order valence-corrected chi connectivity index (χ2v) is 7.86. The molecule has 0 spiro atoms. The molecular weight excluding hydrogens is 404 g/mol. The van der Waals surface area contributed by atoms with Gasteiger partial charge in [0.15, 0.2) is 0 Å². The molecule has 0 bridgehead atoms. The van der Waals surface area contributed by atoms with Crippen molar-refractivity contribution in [2.75, 3.05) is 19.0 Å². The zero-order chi connectivity index (χ0) is 23.1. The minimum atomic E-state index is -0.442. The van der Waals surface area contributed by atoms with Crippen LogP contribution < -0.4 is 5.32 Å². The van der Waals surface area contributed by atoms with Gasteiger partial charge < -0.3 is 14.8 Å². The van der Waals surface area contributed by atoms with Gasteiger partial charge in [-0.25, -0.2) is 9.78 Å². The Labute approximate surface area is 188 Å². The van der Waals surface area contributed by atoms with Crippen LogP contribution in [0.3, 0.4) is 0 Å². The molecule has 0 fully saturated rings. The molecule has 1 N–H and O–H groups in total. The molecule has 32 heavy (non-hydrogen) atoms. The molecular formula is C26H28N2O4. The Balaban J connectivity index is 2.04. The van der Waals surface area contributed by atoms with E-state index >= 15 is 0 Å².